The maximum Gasteiger partial charge on any atom is 0.269 e. The Bertz CT molecular complexity index is 341. The van der Waals surface area contributed by atoms with E-state index in [0.717, 1.165) is 25.9 Å². The van der Waals surface area contributed by atoms with Crippen LogP contribution >= 0.6 is 0 Å². The fourth-order valence-electron chi connectivity index (χ4n) is 1.83. The minimum absolute atomic E-state index is 0.0382. The highest BCUT2D eigenvalue weighted by molar-refractivity contribution is 5.92. The number of nitrogens with zero attached hydrogens (tertiary/aromatic N) is 2. The quantitative estimate of drug-likeness (QED) is 0.713. The highest BCUT2D eigenvalue weighted by atomic mass is 16.2. The lowest BCUT2D eigenvalue weighted by atomic mass is 10.1. The van der Waals surface area contributed by atoms with Crippen LogP contribution in [-0.4, -0.2) is 34.8 Å². The Morgan fingerprint density at radius 3 is 3.20 bits per heavy atom. The van der Waals surface area contributed by atoms with E-state index in [9.17, 15) is 4.79 Å². The number of amides is 1. The topological polar surface area (TPSA) is 59.0 Å². The van der Waals surface area contributed by atoms with E-state index in [-0.39, 0.29) is 11.9 Å². The van der Waals surface area contributed by atoms with Gasteiger partial charge in [-0.2, -0.15) is 5.10 Å². The van der Waals surface area contributed by atoms with Crippen LogP contribution in [0.3, 0.4) is 0 Å². The average molecular weight is 208 g/mol. The van der Waals surface area contributed by atoms with E-state index in [1.807, 2.05) is 0 Å². The lowest BCUT2D eigenvalue weighted by Gasteiger charge is -2.23. The Balaban J connectivity index is 1.94. The van der Waals surface area contributed by atoms with E-state index in [1.54, 1.807) is 24.0 Å². The van der Waals surface area contributed by atoms with Crippen LogP contribution in [0.5, 0.6) is 0 Å². The number of aryl methyl sites for hydroxylation is 1. The van der Waals surface area contributed by atoms with Crippen LogP contribution in [0.1, 0.15) is 23.3 Å². The Morgan fingerprint density at radius 1 is 1.73 bits per heavy atom. The first-order chi connectivity index (χ1) is 7.27. The largest absolute Gasteiger partial charge is 0.347 e. The summed E-state index contributed by atoms with van der Waals surface area (Å²) in [5, 5.41) is 10.2. The molecule has 15 heavy (non-hydrogen) atoms. The van der Waals surface area contributed by atoms with Gasteiger partial charge in [0.25, 0.3) is 5.91 Å². The molecule has 0 aromatic carbocycles. The zero-order valence-corrected chi connectivity index (χ0v) is 8.86. The number of carbonyl (C=O) groups is 1. The van der Waals surface area contributed by atoms with E-state index in [1.165, 1.54) is 0 Å². The molecule has 1 atom stereocenters. The molecule has 1 aromatic heterocycles. The molecule has 0 saturated carbocycles. The highest BCUT2D eigenvalue weighted by Crippen LogP contribution is 2.03. The van der Waals surface area contributed by atoms with Crippen molar-refractivity contribution in [3.8, 4) is 0 Å². The van der Waals surface area contributed by atoms with Crippen LogP contribution in [0.2, 0.25) is 0 Å². The van der Waals surface area contributed by atoms with Crippen molar-refractivity contribution in [2.75, 3.05) is 13.1 Å². The van der Waals surface area contributed by atoms with E-state index in [0.29, 0.717) is 5.69 Å². The van der Waals surface area contributed by atoms with Crippen LogP contribution in [0.25, 0.3) is 0 Å². The fraction of sp³-hybridized carbons (Fsp3) is 0.600. The van der Waals surface area contributed by atoms with E-state index >= 15 is 0 Å². The number of rotatable bonds is 2. The van der Waals surface area contributed by atoms with Crippen LogP contribution in [0.15, 0.2) is 12.3 Å². The molecule has 1 aliphatic rings. The molecule has 1 aliphatic heterocycles. The maximum atomic E-state index is 11.8. The molecule has 2 N–H and O–H groups in total. The van der Waals surface area contributed by atoms with Crippen LogP contribution in [-0.2, 0) is 7.05 Å². The molecule has 5 heteroatoms. The molecule has 5 nitrogen and oxygen atoms in total. The Hall–Kier alpha value is -1.36. The van der Waals surface area contributed by atoms with Gasteiger partial charge < -0.3 is 10.6 Å². The van der Waals surface area contributed by atoms with Gasteiger partial charge in [-0.05, 0) is 25.5 Å². The van der Waals surface area contributed by atoms with Crippen molar-refractivity contribution >= 4 is 5.91 Å². The van der Waals surface area contributed by atoms with Gasteiger partial charge in [0.2, 0.25) is 0 Å². The van der Waals surface area contributed by atoms with Gasteiger partial charge in [-0.1, -0.05) is 0 Å². The van der Waals surface area contributed by atoms with Crippen molar-refractivity contribution in [1.29, 1.82) is 0 Å². The van der Waals surface area contributed by atoms with Crippen LogP contribution in [0, 0.1) is 0 Å². The van der Waals surface area contributed by atoms with Crippen molar-refractivity contribution in [1.82, 2.24) is 20.4 Å². The zero-order chi connectivity index (χ0) is 10.7. The summed E-state index contributed by atoms with van der Waals surface area (Å²) < 4.78 is 1.59. The molecule has 0 spiro atoms. The minimum Gasteiger partial charge on any atom is -0.347 e. The van der Waals surface area contributed by atoms with E-state index in [2.05, 4.69) is 15.7 Å². The van der Waals surface area contributed by atoms with Crippen molar-refractivity contribution in [2.24, 2.45) is 7.05 Å². The second kappa shape index (κ2) is 4.44. The van der Waals surface area contributed by atoms with Gasteiger partial charge in [0.1, 0.15) is 5.69 Å². The number of nitrogens with one attached hydrogen (secondary N) is 2. The number of carbonyl (C=O) groups excluding carboxylic acids is 1. The third kappa shape index (κ3) is 2.36. The van der Waals surface area contributed by atoms with Gasteiger partial charge in [-0.15, -0.1) is 0 Å². The summed E-state index contributed by atoms with van der Waals surface area (Å²) in [6.45, 7) is 1.92. The monoisotopic (exact) mass is 208 g/mol. The first-order valence-electron chi connectivity index (χ1n) is 5.27. The molecular formula is C10H16N4O. The predicted molar refractivity (Wildman–Crippen MR) is 56.6 cm³/mol. The lowest BCUT2D eigenvalue weighted by Crippen LogP contribution is -2.46. The molecule has 2 rings (SSSR count). The van der Waals surface area contributed by atoms with Gasteiger partial charge >= 0.3 is 0 Å². The highest BCUT2D eigenvalue weighted by Gasteiger charge is 2.17. The van der Waals surface area contributed by atoms with Crippen molar-refractivity contribution < 1.29 is 4.79 Å². The summed E-state index contributed by atoms with van der Waals surface area (Å²) in [5.41, 5.74) is 0.612. The molecule has 82 valence electrons. The molecule has 1 saturated heterocycles. The van der Waals surface area contributed by atoms with Crippen molar-refractivity contribution in [2.45, 2.75) is 18.9 Å². The number of hydrogen-bond donors (Lipinski definition) is 2. The Morgan fingerprint density at radius 2 is 2.60 bits per heavy atom. The van der Waals surface area contributed by atoms with Crippen LogP contribution in [0.4, 0.5) is 0 Å². The second-order valence-electron chi connectivity index (χ2n) is 3.86. The van der Waals surface area contributed by atoms with Gasteiger partial charge in [-0.25, -0.2) is 0 Å². The molecular weight excluding hydrogens is 192 g/mol. The molecule has 0 unspecified atom stereocenters. The zero-order valence-electron chi connectivity index (χ0n) is 8.86. The van der Waals surface area contributed by atoms with Gasteiger partial charge in [0, 0.05) is 25.8 Å². The van der Waals surface area contributed by atoms with Gasteiger partial charge in [-0.3, -0.25) is 9.48 Å². The molecule has 1 fully saturated rings. The minimum atomic E-state index is -0.0382. The van der Waals surface area contributed by atoms with Gasteiger partial charge in [0.05, 0.1) is 0 Å². The van der Waals surface area contributed by atoms with Crippen molar-refractivity contribution in [3.05, 3.63) is 18.0 Å². The summed E-state index contributed by atoms with van der Waals surface area (Å²) in [6, 6.07) is 1.98. The number of hydrogen-bond acceptors (Lipinski definition) is 3. The second-order valence-corrected chi connectivity index (χ2v) is 3.86. The normalized spacial score (nSPS) is 21.3. The standard InChI is InChI=1S/C10H16N4O/c1-14-9(4-6-12-14)10(15)13-8-3-2-5-11-7-8/h4,6,8,11H,2-3,5,7H2,1H3,(H,13,15)/t8-/m0/s1. The maximum absolute atomic E-state index is 11.8. The fourth-order valence-corrected chi connectivity index (χ4v) is 1.83. The summed E-state index contributed by atoms with van der Waals surface area (Å²) in [4.78, 5) is 11.8. The van der Waals surface area contributed by atoms with E-state index < -0.39 is 0 Å². The van der Waals surface area contributed by atoms with Crippen LogP contribution < -0.4 is 10.6 Å². The summed E-state index contributed by atoms with van der Waals surface area (Å²) in [7, 11) is 1.77. The molecule has 1 aromatic rings. The summed E-state index contributed by atoms with van der Waals surface area (Å²) in [5.74, 6) is -0.0382. The van der Waals surface area contributed by atoms with Gasteiger partial charge in [0.15, 0.2) is 0 Å². The molecule has 2 heterocycles. The lowest BCUT2D eigenvalue weighted by molar-refractivity contribution is 0.0921. The SMILES string of the molecule is Cn1nccc1C(=O)N[C@H]1CCCNC1. The molecule has 0 aliphatic carbocycles. The Labute approximate surface area is 88.8 Å². The van der Waals surface area contributed by atoms with E-state index in [4.69, 9.17) is 0 Å². The summed E-state index contributed by atoms with van der Waals surface area (Å²) >= 11 is 0. The number of piperidine rings is 1. The molecule has 0 radical (unpaired) electrons. The average Bonchev–Trinajstić information content (AvgIpc) is 2.66. The smallest absolute Gasteiger partial charge is 0.269 e. The third-order valence-corrected chi connectivity index (χ3v) is 2.69. The molecule has 1 amide bonds. The summed E-state index contributed by atoms with van der Waals surface area (Å²) in [6.07, 6.45) is 3.81. The van der Waals surface area contributed by atoms with Crippen molar-refractivity contribution in [3.63, 3.8) is 0 Å². The first kappa shape index (κ1) is 10.2. The molecule has 0 bridgehead atoms. The number of aromatic nitrogens is 2. The first-order valence-corrected chi connectivity index (χ1v) is 5.27. The predicted octanol–water partition coefficient (Wildman–Crippen LogP) is -0.0981. The Kier molecular flexibility index (Phi) is 3.01. The third-order valence-electron chi connectivity index (χ3n) is 2.69.